The van der Waals surface area contributed by atoms with Gasteiger partial charge >= 0.3 is 0 Å². The van der Waals surface area contributed by atoms with E-state index in [2.05, 4.69) is 5.32 Å². The summed E-state index contributed by atoms with van der Waals surface area (Å²) in [6.07, 6.45) is 0.577. The Labute approximate surface area is 66.9 Å². The second-order valence-corrected chi connectivity index (χ2v) is 3.15. The SMILES string of the molecule is CC(Cl)C(C)NCCCF. The fourth-order valence-corrected chi connectivity index (χ4v) is 0.648. The predicted molar refractivity (Wildman–Crippen MR) is 43.4 cm³/mol. The van der Waals surface area contributed by atoms with Crippen LogP contribution in [0.15, 0.2) is 0 Å². The van der Waals surface area contributed by atoms with Gasteiger partial charge < -0.3 is 5.32 Å². The van der Waals surface area contributed by atoms with Gasteiger partial charge in [0.1, 0.15) is 0 Å². The Balaban J connectivity index is 3.13. The first-order chi connectivity index (χ1) is 4.68. The van der Waals surface area contributed by atoms with Gasteiger partial charge in [0.2, 0.25) is 0 Å². The molecule has 0 saturated carbocycles. The second-order valence-electron chi connectivity index (χ2n) is 2.46. The van der Waals surface area contributed by atoms with E-state index < -0.39 is 0 Å². The zero-order chi connectivity index (χ0) is 7.98. The van der Waals surface area contributed by atoms with Gasteiger partial charge in [0.15, 0.2) is 0 Å². The highest BCUT2D eigenvalue weighted by Gasteiger charge is 2.06. The van der Waals surface area contributed by atoms with Gasteiger partial charge in [-0.1, -0.05) is 0 Å². The van der Waals surface area contributed by atoms with Gasteiger partial charge in [-0.25, -0.2) is 0 Å². The third-order valence-corrected chi connectivity index (χ3v) is 1.84. The van der Waals surface area contributed by atoms with Gasteiger partial charge in [-0.3, -0.25) is 4.39 Å². The Morgan fingerprint density at radius 3 is 2.50 bits per heavy atom. The van der Waals surface area contributed by atoms with Crippen molar-refractivity contribution >= 4 is 11.6 Å². The summed E-state index contributed by atoms with van der Waals surface area (Å²) in [6, 6.07) is 0.271. The molecule has 0 aliphatic carbocycles. The lowest BCUT2D eigenvalue weighted by molar-refractivity contribution is 0.441. The van der Waals surface area contributed by atoms with Crippen LogP contribution in [0.2, 0.25) is 0 Å². The van der Waals surface area contributed by atoms with Crippen LogP contribution in [-0.4, -0.2) is 24.6 Å². The summed E-state index contributed by atoms with van der Waals surface area (Å²) in [5.41, 5.74) is 0. The second kappa shape index (κ2) is 5.93. The number of rotatable bonds is 5. The van der Waals surface area contributed by atoms with E-state index in [1.54, 1.807) is 0 Å². The van der Waals surface area contributed by atoms with Gasteiger partial charge in [-0.2, -0.15) is 0 Å². The molecule has 1 nitrogen and oxygen atoms in total. The molecule has 0 aromatic carbocycles. The number of halogens is 2. The summed E-state index contributed by atoms with van der Waals surface area (Å²) < 4.78 is 11.6. The van der Waals surface area contributed by atoms with Crippen LogP contribution in [-0.2, 0) is 0 Å². The van der Waals surface area contributed by atoms with E-state index in [1.807, 2.05) is 13.8 Å². The Morgan fingerprint density at radius 1 is 1.50 bits per heavy atom. The Hall–Kier alpha value is 0.180. The highest BCUT2D eigenvalue weighted by molar-refractivity contribution is 6.20. The molecule has 0 saturated heterocycles. The largest absolute Gasteiger partial charge is 0.313 e. The standard InChI is InChI=1S/C7H15ClFN/c1-6(8)7(2)10-5-3-4-9/h6-7,10H,3-5H2,1-2H3. The van der Waals surface area contributed by atoms with E-state index in [1.165, 1.54) is 0 Å². The summed E-state index contributed by atoms with van der Waals surface area (Å²) in [5, 5.41) is 3.22. The van der Waals surface area contributed by atoms with E-state index in [-0.39, 0.29) is 18.1 Å². The maximum Gasteiger partial charge on any atom is 0.0906 e. The maximum atomic E-state index is 11.6. The monoisotopic (exact) mass is 167 g/mol. The average Bonchev–Trinajstić information content (AvgIpc) is 1.88. The summed E-state index contributed by atoms with van der Waals surface area (Å²) in [4.78, 5) is 0. The van der Waals surface area contributed by atoms with Crippen molar-refractivity contribution in [2.24, 2.45) is 0 Å². The van der Waals surface area contributed by atoms with Crippen molar-refractivity contribution in [1.82, 2.24) is 5.32 Å². The van der Waals surface area contributed by atoms with Crippen molar-refractivity contribution < 1.29 is 4.39 Å². The molecule has 0 aromatic heterocycles. The summed E-state index contributed by atoms with van der Waals surface area (Å²) in [7, 11) is 0. The molecule has 62 valence electrons. The molecular formula is C7H15ClFN. The van der Waals surface area contributed by atoms with E-state index in [0.29, 0.717) is 13.0 Å². The molecule has 2 atom stereocenters. The molecule has 0 aromatic rings. The minimum Gasteiger partial charge on any atom is -0.313 e. The van der Waals surface area contributed by atoms with Crippen molar-refractivity contribution in [1.29, 1.82) is 0 Å². The van der Waals surface area contributed by atoms with Crippen LogP contribution < -0.4 is 5.32 Å². The fourth-order valence-electron chi connectivity index (χ4n) is 0.559. The first-order valence-electron chi connectivity index (χ1n) is 3.62. The highest BCUT2D eigenvalue weighted by atomic mass is 35.5. The third kappa shape index (κ3) is 5.00. The van der Waals surface area contributed by atoms with Crippen LogP contribution in [0.5, 0.6) is 0 Å². The zero-order valence-electron chi connectivity index (χ0n) is 6.53. The maximum absolute atomic E-state index is 11.6. The predicted octanol–water partition coefficient (Wildman–Crippen LogP) is 1.95. The van der Waals surface area contributed by atoms with Crippen molar-refractivity contribution in [3.63, 3.8) is 0 Å². The third-order valence-electron chi connectivity index (χ3n) is 1.47. The van der Waals surface area contributed by atoms with Crippen molar-refractivity contribution in [2.45, 2.75) is 31.7 Å². The molecule has 2 unspecified atom stereocenters. The normalized spacial score (nSPS) is 16.8. The number of hydrogen-bond donors (Lipinski definition) is 1. The Morgan fingerprint density at radius 2 is 2.10 bits per heavy atom. The van der Waals surface area contributed by atoms with E-state index in [4.69, 9.17) is 11.6 Å². The fraction of sp³-hybridized carbons (Fsp3) is 1.00. The van der Waals surface area contributed by atoms with Crippen LogP contribution >= 0.6 is 11.6 Å². The molecule has 0 amide bonds. The van der Waals surface area contributed by atoms with E-state index in [9.17, 15) is 4.39 Å². The number of hydrogen-bond acceptors (Lipinski definition) is 1. The molecule has 0 heterocycles. The molecule has 0 spiro atoms. The molecule has 0 radical (unpaired) electrons. The molecular weight excluding hydrogens is 153 g/mol. The minimum absolute atomic E-state index is 0.111. The molecule has 0 bridgehead atoms. The first kappa shape index (κ1) is 10.2. The molecule has 0 aliphatic heterocycles. The van der Waals surface area contributed by atoms with Gasteiger partial charge in [0.25, 0.3) is 0 Å². The van der Waals surface area contributed by atoms with Crippen molar-refractivity contribution in [2.75, 3.05) is 13.2 Å². The summed E-state index contributed by atoms with van der Waals surface area (Å²) >= 11 is 5.75. The number of nitrogens with one attached hydrogen (secondary N) is 1. The molecule has 0 aliphatic rings. The molecule has 0 rings (SSSR count). The van der Waals surface area contributed by atoms with Crippen LogP contribution in [0.4, 0.5) is 4.39 Å². The van der Waals surface area contributed by atoms with Gasteiger partial charge in [0, 0.05) is 11.4 Å². The van der Waals surface area contributed by atoms with Gasteiger partial charge in [0.05, 0.1) is 6.67 Å². The lowest BCUT2D eigenvalue weighted by Gasteiger charge is -2.14. The average molecular weight is 168 g/mol. The quantitative estimate of drug-likeness (QED) is 0.488. The lowest BCUT2D eigenvalue weighted by atomic mass is 10.2. The Bertz CT molecular complexity index is 78.0. The van der Waals surface area contributed by atoms with Crippen LogP contribution in [0.25, 0.3) is 0 Å². The smallest absolute Gasteiger partial charge is 0.0906 e. The topological polar surface area (TPSA) is 12.0 Å². The zero-order valence-corrected chi connectivity index (χ0v) is 7.29. The molecule has 3 heteroatoms. The lowest BCUT2D eigenvalue weighted by Crippen LogP contribution is -2.33. The summed E-state index contributed by atoms with van der Waals surface area (Å²) in [5.74, 6) is 0. The van der Waals surface area contributed by atoms with Crippen LogP contribution in [0.1, 0.15) is 20.3 Å². The number of alkyl halides is 2. The molecule has 0 fully saturated rings. The van der Waals surface area contributed by atoms with Crippen LogP contribution in [0, 0.1) is 0 Å². The van der Waals surface area contributed by atoms with E-state index >= 15 is 0 Å². The summed E-state index contributed by atoms with van der Waals surface area (Å²) in [6.45, 7) is 4.38. The molecule has 10 heavy (non-hydrogen) atoms. The highest BCUT2D eigenvalue weighted by Crippen LogP contribution is 1.99. The minimum atomic E-state index is -0.254. The Kier molecular flexibility index (Phi) is 6.03. The van der Waals surface area contributed by atoms with Gasteiger partial charge in [-0.15, -0.1) is 11.6 Å². The first-order valence-corrected chi connectivity index (χ1v) is 4.05. The van der Waals surface area contributed by atoms with Crippen LogP contribution in [0.3, 0.4) is 0 Å². The van der Waals surface area contributed by atoms with Crippen molar-refractivity contribution in [3.8, 4) is 0 Å². The van der Waals surface area contributed by atoms with Crippen molar-refractivity contribution in [3.05, 3.63) is 0 Å². The van der Waals surface area contributed by atoms with E-state index in [0.717, 1.165) is 0 Å². The van der Waals surface area contributed by atoms with Gasteiger partial charge in [-0.05, 0) is 26.8 Å². The molecule has 1 N–H and O–H groups in total.